The van der Waals surface area contributed by atoms with Gasteiger partial charge in [-0.2, -0.15) is 0 Å². The van der Waals surface area contributed by atoms with Crippen molar-refractivity contribution < 1.29 is 94.8 Å². The molecule has 0 unspecified atom stereocenters. The fourth-order valence-corrected chi connectivity index (χ4v) is 15.4. The first kappa shape index (κ1) is 50.6. The Morgan fingerprint density at radius 3 is 1.95 bits per heavy atom. The maximum absolute atomic E-state index is 12.7. The van der Waals surface area contributed by atoms with Crippen LogP contribution in [0.3, 0.4) is 0 Å². The summed E-state index contributed by atoms with van der Waals surface area (Å²) in [5, 5.41) is 142. The van der Waals surface area contributed by atoms with Crippen LogP contribution in [0.4, 0.5) is 0 Å². The molecule has 65 heavy (non-hydrogen) atoms. The van der Waals surface area contributed by atoms with Gasteiger partial charge in [-0.15, -0.1) is 0 Å². The summed E-state index contributed by atoms with van der Waals surface area (Å²) in [4.78, 5) is 0. The molecule has 0 radical (unpaired) electrons. The highest BCUT2D eigenvalue weighted by Crippen LogP contribution is 2.89. The molecule has 5 aliphatic carbocycles. The molecule has 0 aromatic rings. The van der Waals surface area contributed by atoms with Crippen molar-refractivity contribution in [1.29, 1.82) is 0 Å². The second-order valence-electron chi connectivity index (χ2n) is 23.4. The maximum atomic E-state index is 12.7. The van der Waals surface area contributed by atoms with Crippen molar-refractivity contribution in [2.24, 2.45) is 44.8 Å². The summed E-state index contributed by atoms with van der Waals surface area (Å²) in [6.45, 7) is 12.0. The largest absolute Gasteiger partial charge is 0.394 e. The Morgan fingerprint density at radius 2 is 1.31 bits per heavy atom. The number of rotatable bonds is 12. The van der Waals surface area contributed by atoms with E-state index in [9.17, 15) is 66.4 Å². The van der Waals surface area contributed by atoms with Crippen LogP contribution in [-0.4, -0.2) is 202 Å². The van der Waals surface area contributed by atoms with Crippen LogP contribution < -0.4 is 0 Å². The highest BCUT2D eigenvalue weighted by atomic mass is 16.8. The second-order valence-corrected chi connectivity index (χ2v) is 23.4. The molecule has 5 saturated carbocycles. The zero-order valence-corrected chi connectivity index (χ0v) is 38.8. The lowest BCUT2D eigenvalue weighted by Gasteiger charge is -2.64. The van der Waals surface area contributed by atoms with Gasteiger partial charge in [-0.05, 0) is 117 Å². The third-order valence-electron chi connectivity index (χ3n) is 19.0. The molecule has 0 aromatic carbocycles. The molecule has 3 saturated heterocycles. The molecule has 8 rings (SSSR count). The van der Waals surface area contributed by atoms with Crippen molar-refractivity contribution in [2.45, 2.75) is 222 Å². The van der Waals surface area contributed by atoms with Gasteiger partial charge in [0.1, 0.15) is 61.0 Å². The summed E-state index contributed by atoms with van der Waals surface area (Å²) in [7, 11) is 0. The summed E-state index contributed by atoms with van der Waals surface area (Å²) in [6, 6.07) is 0. The number of aliphatic hydroxyl groups is 13. The van der Waals surface area contributed by atoms with Crippen LogP contribution >= 0.6 is 0 Å². The van der Waals surface area contributed by atoms with Crippen LogP contribution in [0.25, 0.3) is 0 Å². The Morgan fingerprint density at radius 1 is 0.677 bits per heavy atom. The van der Waals surface area contributed by atoms with Crippen molar-refractivity contribution in [2.75, 3.05) is 19.8 Å². The van der Waals surface area contributed by atoms with Gasteiger partial charge >= 0.3 is 0 Å². The van der Waals surface area contributed by atoms with Gasteiger partial charge in [-0.3, -0.25) is 0 Å². The van der Waals surface area contributed by atoms with Crippen molar-refractivity contribution in [3.8, 4) is 0 Å². The van der Waals surface area contributed by atoms with E-state index in [4.69, 9.17) is 28.4 Å². The molecular formula is C46H78O19. The number of fused-ring (bicyclic) bond motifs is 2. The molecule has 0 aromatic heterocycles. The van der Waals surface area contributed by atoms with Gasteiger partial charge in [-0.25, -0.2) is 0 Å². The number of hydrogen-bond donors (Lipinski definition) is 13. The maximum Gasteiger partial charge on any atom is 0.186 e. The number of aliphatic hydroxyl groups excluding tert-OH is 11. The van der Waals surface area contributed by atoms with Crippen molar-refractivity contribution in [1.82, 2.24) is 0 Å². The van der Waals surface area contributed by atoms with Crippen LogP contribution in [0.15, 0.2) is 0 Å². The first-order chi connectivity index (χ1) is 30.1. The molecule has 19 heteroatoms. The van der Waals surface area contributed by atoms with Gasteiger partial charge in [0.05, 0.1) is 55.4 Å². The third kappa shape index (κ3) is 7.90. The average Bonchev–Trinajstić information content (AvgIpc) is 3.81. The minimum atomic E-state index is -1.67. The van der Waals surface area contributed by atoms with Gasteiger partial charge < -0.3 is 94.8 Å². The first-order valence-corrected chi connectivity index (χ1v) is 23.8. The lowest BCUT2D eigenvalue weighted by molar-refractivity contribution is -0.356. The second kappa shape index (κ2) is 17.2. The Kier molecular flexibility index (Phi) is 13.4. The molecule has 8 aliphatic rings. The lowest BCUT2D eigenvalue weighted by Crippen LogP contribution is -2.64. The zero-order chi connectivity index (χ0) is 47.8. The zero-order valence-electron chi connectivity index (χ0n) is 38.8. The Hall–Kier alpha value is -0.760. The topological polar surface area (TPSA) is 318 Å². The van der Waals surface area contributed by atoms with E-state index >= 15 is 0 Å². The molecule has 2 spiro atoms. The molecule has 25 atom stereocenters. The summed E-state index contributed by atoms with van der Waals surface area (Å²) in [5.41, 5.74) is -5.29. The Labute approximate surface area is 380 Å². The summed E-state index contributed by atoms with van der Waals surface area (Å²) < 4.78 is 36.6. The number of hydrogen-bond acceptors (Lipinski definition) is 19. The Balaban J connectivity index is 1.06. The van der Waals surface area contributed by atoms with E-state index in [0.29, 0.717) is 32.1 Å². The first-order valence-electron chi connectivity index (χ1n) is 23.8. The van der Waals surface area contributed by atoms with E-state index < -0.39 is 144 Å². The van der Waals surface area contributed by atoms with Crippen molar-refractivity contribution in [3.63, 3.8) is 0 Å². The predicted molar refractivity (Wildman–Crippen MR) is 224 cm³/mol. The van der Waals surface area contributed by atoms with E-state index in [1.54, 1.807) is 6.92 Å². The minimum Gasteiger partial charge on any atom is -0.394 e. The van der Waals surface area contributed by atoms with Crippen LogP contribution in [0.5, 0.6) is 0 Å². The van der Waals surface area contributed by atoms with Gasteiger partial charge in [0.15, 0.2) is 18.9 Å². The van der Waals surface area contributed by atoms with E-state index in [1.807, 2.05) is 0 Å². The smallest absolute Gasteiger partial charge is 0.186 e. The summed E-state index contributed by atoms with van der Waals surface area (Å²) >= 11 is 0. The molecule has 376 valence electrons. The highest BCUT2D eigenvalue weighted by Gasteiger charge is 2.85. The van der Waals surface area contributed by atoms with Crippen LogP contribution in [0.2, 0.25) is 0 Å². The fraction of sp³-hybridized carbons (Fsp3) is 1.00. The summed E-state index contributed by atoms with van der Waals surface area (Å²) in [6.07, 6.45) is -17.8. The molecule has 3 heterocycles. The van der Waals surface area contributed by atoms with Gasteiger partial charge in [-0.1, -0.05) is 27.7 Å². The predicted octanol–water partition coefficient (Wildman–Crippen LogP) is -1.86. The molecule has 0 amide bonds. The fourth-order valence-electron chi connectivity index (χ4n) is 15.4. The van der Waals surface area contributed by atoms with Gasteiger partial charge in [0.2, 0.25) is 0 Å². The van der Waals surface area contributed by atoms with Crippen molar-refractivity contribution in [3.05, 3.63) is 0 Å². The van der Waals surface area contributed by atoms with E-state index in [-0.39, 0.29) is 48.7 Å². The molecule has 13 N–H and O–H groups in total. The molecule has 19 nitrogen and oxygen atoms in total. The molecule has 0 bridgehead atoms. The molecule has 3 aliphatic heterocycles. The lowest BCUT2D eigenvalue weighted by atomic mass is 9.41. The summed E-state index contributed by atoms with van der Waals surface area (Å²) in [5.74, 6) is -0.915. The number of ether oxygens (including phenoxy) is 6. The van der Waals surface area contributed by atoms with Gasteiger partial charge in [0, 0.05) is 5.92 Å². The monoisotopic (exact) mass is 935 g/mol. The van der Waals surface area contributed by atoms with E-state index in [1.165, 1.54) is 13.8 Å². The molecule has 8 fully saturated rings. The average molecular weight is 935 g/mol. The van der Waals surface area contributed by atoms with Crippen LogP contribution in [0, 0.1) is 44.8 Å². The Bertz CT molecular complexity index is 1690. The standard InChI is InChI=1S/C46H78O19/c1-40(2)27(64-39-34(29(53)22(50)18-61-39)65-37-32(56)28(52)21(49)17-60-37)9-11-46-19-45(46)13-12-42(5)36(44(7,59)10-8-26(51)41(3,4)58)23(15-43(42,6)25(45)14-20(48)35(40)46)62-38-33(57)31(55)30(54)24(16-47)63-38/h20-39,47-59H,8-19H2,1-7H3/t20-,21-,22+,23-,24+,25-,26+,27-,28-,29-,30+,31-,32+,33+,34+,35-,36-,37-,38+,39-,42+,43-,44-,45-,46+/m0/s1. The quantitative estimate of drug-likeness (QED) is 0.0955. The third-order valence-corrected chi connectivity index (χ3v) is 19.0. The van der Waals surface area contributed by atoms with Gasteiger partial charge in [0.25, 0.3) is 0 Å². The highest BCUT2D eigenvalue weighted by molar-refractivity contribution is 5.33. The van der Waals surface area contributed by atoms with Crippen LogP contribution in [0.1, 0.15) is 106 Å². The van der Waals surface area contributed by atoms with Crippen LogP contribution in [-0.2, 0) is 28.4 Å². The van der Waals surface area contributed by atoms with E-state index in [2.05, 4.69) is 27.7 Å². The van der Waals surface area contributed by atoms with Crippen molar-refractivity contribution >= 4 is 0 Å². The van der Waals surface area contributed by atoms with E-state index in [0.717, 1.165) is 12.8 Å². The molecular weight excluding hydrogens is 856 g/mol. The normalized spacial score (nSPS) is 54.4. The minimum absolute atomic E-state index is 0.0520. The SMILES string of the molecule is CC(C)(O)[C@H](O)CC[C@](C)(O)[C@H]1[C@@H](O[C@@H]2O[C@H](CO)[C@@H](O)[C@H](O)[C@H]2O)C[C@@]2(C)[C@@H]3C[C@H](O)[C@H]4C(C)(C)[C@@H](O[C@@H]5OC[C@@H](O)[C@H](O)[C@H]5O[C@@H]5OC[C@H](O)[C@H](O)[C@H]5O)CC[C@@]45C[C@@]35CC[C@]12C.